The maximum Gasteiger partial charge on any atom is 0.0213 e. The van der Waals surface area contributed by atoms with E-state index in [1.165, 1.54) is 0 Å². The minimum Gasteiger partial charge on any atom is -0.391 e. The first-order valence-electron chi connectivity index (χ1n) is 2.09. The molecule has 1 aliphatic heterocycles. The third-order valence-corrected chi connectivity index (χ3v) is 0.725. The van der Waals surface area contributed by atoms with Crippen LogP contribution in [0, 0.1) is 6.42 Å². The Hall–Kier alpha value is -0.460. The van der Waals surface area contributed by atoms with Crippen LogP contribution in [0.15, 0.2) is 12.3 Å². The smallest absolute Gasteiger partial charge is 0.0213 e. The second kappa shape index (κ2) is 1.85. The van der Waals surface area contributed by atoms with Crippen LogP contribution in [0.4, 0.5) is 0 Å². The van der Waals surface area contributed by atoms with Gasteiger partial charge in [0, 0.05) is 13.0 Å². The first kappa shape index (κ1) is 3.72. The van der Waals surface area contributed by atoms with E-state index in [0.29, 0.717) is 0 Å². The van der Waals surface area contributed by atoms with Gasteiger partial charge in [-0.05, 0) is 12.6 Å². The summed E-state index contributed by atoms with van der Waals surface area (Å²) in [6, 6.07) is 0. The third-order valence-electron chi connectivity index (χ3n) is 0.725. The van der Waals surface area contributed by atoms with Crippen LogP contribution in [0.25, 0.3) is 0 Å². The van der Waals surface area contributed by atoms with E-state index in [0.717, 1.165) is 13.0 Å². The van der Waals surface area contributed by atoms with Crippen molar-refractivity contribution in [3.05, 3.63) is 18.7 Å². The number of hydrogen-bond donors (Lipinski definition) is 1. The molecule has 1 N–H and O–H groups in total. The zero-order valence-corrected chi connectivity index (χ0v) is 3.57. The molecule has 0 fully saturated rings. The fourth-order valence-electron chi connectivity index (χ4n) is 0.429. The van der Waals surface area contributed by atoms with Gasteiger partial charge in [-0.15, -0.1) is 0 Å². The Morgan fingerprint density at radius 1 is 1.67 bits per heavy atom. The SMILES string of the molecule is [C]1CC=CNC1. The second-order valence-electron chi connectivity index (χ2n) is 1.24. The summed E-state index contributed by atoms with van der Waals surface area (Å²) in [4.78, 5) is 0. The predicted molar refractivity (Wildman–Crippen MR) is 25.0 cm³/mol. The predicted octanol–water partition coefficient (Wildman–Crippen LogP) is 0.575. The van der Waals surface area contributed by atoms with Crippen LogP contribution < -0.4 is 5.32 Å². The first-order valence-corrected chi connectivity index (χ1v) is 2.09. The van der Waals surface area contributed by atoms with Crippen molar-refractivity contribution in [2.45, 2.75) is 6.42 Å². The molecule has 2 radical (unpaired) electrons. The molecule has 0 aromatic heterocycles. The molecule has 0 bridgehead atoms. The van der Waals surface area contributed by atoms with E-state index in [1.807, 2.05) is 12.3 Å². The summed E-state index contributed by atoms with van der Waals surface area (Å²) < 4.78 is 0. The molecule has 0 amide bonds. The van der Waals surface area contributed by atoms with Crippen LogP contribution in [0.3, 0.4) is 0 Å². The average Bonchev–Trinajstić information content (AvgIpc) is 1.72. The van der Waals surface area contributed by atoms with Gasteiger partial charge in [0.25, 0.3) is 0 Å². The molecule has 0 unspecified atom stereocenters. The fraction of sp³-hybridized carbons (Fsp3) is 0.400. The van der Waals surface area contributed by atoms with Gasteiger partial charge in [-0.2, -0.15) is 0 Å². The zero-order valence-electron chi connectivity index (χ0n) is 3.57. The number of hydrogen-bond acceptors (Lipinski definition) is 1. The Labute approximate surface area is 38.1 Å². The Bertz CT molecular complexity index is 49.0. The molecule has 32 valence electrons. The first-order chi connectivity index (χ1) is 3.00. The van der Waals surface area contributed by atoms with Gasteiger partial charge in [0.2, 0.25) is 0 Å². The van der Waals surface area contributed by atoms with Gasteiger partial charge in [-0.1, -0.05) is 6.08 Å². The standard InChI is InChI=1S/C5H7N/c1-2-4-6-5-3-1/h2,4,6H,1,5H2. The fourth-order valence-corrected chi connectivity index (χ4v) is 0.429. The molecule has 1 heterocycles. The molecule has 1 rings (SSSR count). The largest absolute Gasteiger partial charge is 0.391 e. The van der Waals surface area contributed by atoms with Crippen molar-refractivity contribution in [2.24, 2.45) is 0 Å². The Morgan fingerprint density at radius 2 is 2.67 bits per heavy atom. The highest BCUT2D eigenvalue weighted by atomic mass is 14.8. The molecular formula is C5H7N. The minimum absolute atomic E-state index is 0.913. The van der Waals surface area contributed by atoms with Crippen LogP contribution in [0.1, 0.15) is 6.42 Å². The van der Waals surface area contributed by atoms with Gasteiger partial charge in [0.1, 0.15) is 0 Å². The Kier molecular flexibility index (Phi) is 1.15. The summed E-state index contributed by atoms with van der Waals surface area (Å²) in [5, 5.41) is 2.99. The summed E-state index contributed by atoms with van der Waals surface area (Å²) >= 11 is 0. The van der Waals surface area contributed by atoms with Crippen molar-refractivity contribution >= 4 is 0 Å². The van der Waals surface area contributed by atoms with Gasteiger partial charge in [0.05, 0.1) is 0 Å². The molecule has 0 aromatic rings. The Morgan fingerprint density at radius 3 is 2.83 bits per heavy atom. The molecule has 6 heavy (non-hydrogen) atoms. The van der Waals surface area contributed by atoms with Crippen LogP contribution in [0.2, 0.25) is 0 Å². The molecule has 1 heteroatoms. The summed E-state index contributed by atoms with van der Waals surface area (Å²) in [6.07, 6.45) is 8.09. The third kappa shape index (κ3) is 0.744. The molecule has 0 aliphatic carbocycles. The van der Waals surface area contributed by atoms with Crippen LogP contribution in [-0.2, 0) is 0 Å². The minimum atomic E-state index is 0.913. The van der Waals surface area contributed by atoms with Crippen molar-refractivity contribution in [2.75, 3.05) is 6.54 Å². The highest BCUT2D eigenvalue weighted by Crippen LogP contribution is 1.90. The lowest BCUT2D eigenvalue weighted by atomic mass is 10.2. The highest BCUT2D eigenvalue weighted by molar-refractivity contribution is 4.92. The van der Waals surface area contributed by atoms with Crippen LogP contribution in [-0.4, -0.2) is 6.54 Å². The molecule has 0 spiro atoms. The van der Waals surface area contributed by atoms with Crippen molar-refractivity contribution < 1.29 is 0 Å². The molecule has 0 saturated heterocycles. The van der Waals surface area contributed by atoms with E-state index < -0.39 is 0 Å². The van der Waals surface area contributed by atoms with Gasteiger partial charge >= 0.3 is 0 Å². The van der Waals surface area contributed by atoms with E-state index >= 15 is 0 Å². The van der Waals surface area contributed by atoms with Crippen molar-refractivity contribution in [3.63, 3.8) is 0 Å². The normalized spacial score (nSPS) is 20.0. The second-order valence-corrected chi connectivity index (χ2v) is 1.24. The van der Waals surface area contributed by atoms with Crippen LogP contribution >= 0.6 is 0 Å². The number of rotatable bonds is 0. The maximum atomic E-state index is 3.09. The topological polar surface area (TPSA) is 12.0 Å². The van der Waals surface area contributed by atoms with E-state index in [1.54, 1.807) is 0 Å². The van der Waals surface area contributed by atoms with E-state index in [9.17, 15) is 0 Å². The number of allylic oxidation sites excluding steroid dienone is 1. The van der Waals surface area contributed by atoms with E-state index in [2.05, 4.69) is 11.7 Å². The van der Waals surface area contributed by atoms with Gasteiger partial charge in [0.15, 0.2) is 0 Å². The summed E-state index contributed by atoms with van der Waals surface area (Å²) in [6.45, 7) is 0.913. The lowest BCUT2D eigenvalue weighted by Gasteiger charge is -2.01. The quantitative estimate of drug-likeness (QED) is 0.449. The van der Waals surface area contributed by atoms with Gasteiger partial charge in [-0.3, -0.25) is 0 Å². The maximum absolute atomic E-state index is 3.09. The van der Waals surface area contributed by atoms with Crippen molar-refractivity contribution in [3.8, 4) is 0 Å². The molecule has 0 atom stereocenters. The molecular weight excluding hydrogens is 74.1 g/mol. The highest BCUT2D eigenvalue weighted by Gasteiger charge is 1.86. The summed E-state index contributed by atoms with van der Waals surface area (Å²) in [7, 11) is 0. The molecule has 0 saturated carbocycles. The van der Waals surface area contributed by atoms with E-state index in [4.69, 9.17) is 0 Å². The monoisotopic (exact) mass is 81.1 g/mol. The molecule has 0 aromatic carbocycles. The lowest BCUT2D eigenvalue weighted by Crippen LogP contribution is -2.10. The van der Waals surface area contributed by atoms with Crippen LogP contribution in [0.5, 0.6) is 0 Å². The molecule has 1 aliphatic rings. The summed E-state index contributed by atoms with van der Waals surface area (Å²) in [5.41, 5.74) is 0. The molecule has 1 nitrogen and oxygen atoms in total. The number of nitrogens with one attached hydrogen (secondary N) is 1. The summed E-state index contributed by atoms with van der Waals surface area (Å²) in [5.74, 6) is 0. The average molecular weight is 81.1 g/mol. The Balaban J connectivity index is 2.26. The van der Waals surface area contributed by atoms with Gasteiger partial charge in [-0.25, -0.2) is 0 Å². The zero-order chi connectivity index (χ0) is 4.24. The van der Waals surface area contributed by atoms with E-state index in [-0.39, 0.29) is 0 Å². The van der Waals surface area contributed by atoms with Gasteiger partial charge < -0.3 is 5.32 Å². The van der Waals surface area contributed by atoms with Crippen molar-refractivity contribution in [1.29, 1.82) is 0 Å². The van der Waals surface area contributed by atoms with Crippen molar-refractivity contribution in [1.82, 2.24) is 5.32 Å². The lowest BCUT2D eigenvalue weighted by molar-refractivity contribution is 0.864.